The molecule has 0 heterocycles. The normalized spacial score (nSPS) is 11.2. The van der Waals surface area contributed by atoms with E-state index in [4.69, 9.17) is 0 Å². The van der Waals surface area contributed by atoms with Crippen LogP contribution in [-0.4, -0.2) is 33.7 Å². The second kappa shape index (κ2) is 8.02. The van der Waals surface area contributed by atoms with E-state index in [9.17, 15) is 13.2 Å². The molecule has 1 amide bonds. The molecule has 6 heteroatoms. The lowest BCUT2D eigenvalue weighted by molar-refractivity contribution is -0.119. The van der Waals surface area contributed by atoms with Crippen molar-refractivity contribution in [3.8, 4) is 0 Å². The molecule has 0 fully saturated rings. The smallest absolute Gasteiger partial charge is 0.240 e. The number of anilines is 1. The molecule has 0 unspecified atom stereocenters. The summed E-state index contributed by atoms with van der Waals surface area (Å²) in [5.74, 6) is -0.278. The molecule has 0 spiro atoms. The van der Waals surface area contributed by atoms with Crippen LogP contribution in [0.2, 0.25) is 0 Å². The Kier molecular flexibility index (Phi) is 6.68. The van der Waals surface area contributed by atoms with Crippen molar-refractivity contribution in [2.24, 2.45) is 0 Å². The van der Waals surface area contributed by atoms with Gasteiger partial charge in [0.25, 0.3) is 0 Å². The average Bonchev–Trinajstić information content (AvgIpc) is 2.44. The largest absolute Gasteiger partial charge is 0.355 e. The minimum atomic E-state index is -3.50. The fourth-order valence-corrected chi connectivity index (χ4v) is 2.91. The Morgan fingerprint density at radius 2 is 1.90 bits per heavy atom. The van der Waals surface area contributed by atoms with Crippen LogP contribution in [0.1, 0.15) is 32.3 Å². The van der Waals surface area contributed by atoms with Gasteiger partial charge in [-0.15, -0.1) is 0 Å². The summed E-state index contributed by atoms with van der Waals surface area (Å²) in [7, 11) is -3.50. The molecule has 0 aliphatic carbocycles. The maximum atomic E-state index is 12.0. The molecule has 1 N–H and O–H groups in total. The van der Waals surface area contributed by atoms with E-state index in [0.717, 1.165) is 24.7 Å². The number of rotatable bonds is 8. The summed E-state index contributed by atoms with van der Waals surface area (Å²) in [4.78, 5) is 11.9. The Hall–Kier alpha value is -1.56. The van der Waals surface area contributed by atoms with E-state index in [1.807, 2.05) is 26.0 Å². The molecule has 0 atom stereocenters. The lowest BCUT2D eigenvalue weighted by atomic mass is 10.1. The third-order valence-corrected chi connectivity index (χ3v) is 4.31. The molecule has 118 valence electrons. The fraction of sp³-hybridized carbons (Fsp3) is 0.533. The van der Waals surface area contributed by atoms with Gasteiger partial charge in [-0.05, 0) is 24.5 Å². The summed E-state index contributed by atoms with van der Waals surface area (Å²) in [5, 5.41) is 2.75. The lowest BCUT2D eigenvalue weighted by Crippen LogP contribution is -2.41. The zero-order chi connectivity index (χ0) is 15.9. The number of para-hydroxylation sites is 1. The highest BCUT2D eigenvalue weighted by Gasteiger charge is 2.22. The van der Waals surface area contributed by atoms with E-state index < -0.39 is 10.0 Å². The van der Waals surface area contributed by atoms with Crippen LogP contribution >= 0.6 is 0 Å². The Balaban J connectivity index is 2.95. The van der Waals surface area contributed by atoms with Crippen molar-refractivity contribution in [1.82, 2.24) is 5.32 Å². The summed E-state index contributed by atoms with van der Waals surface area (Å²) in [6.45, 7) is 4.38. The van der Waals surface area contributed by atoms with E-state index >= 15 is 0 Å². The summed E-state index contributed by atoms with van der Waals surface area (Å²) in [6.07, 6.45) is 3.70. The van der Waals surface area contributed by atoms with Crippen molar-refractivity contribution in [3.05, 3.63) is 29.8 Å². The first-order valence-electron chi connectivity index (χ1n) is 7.22. The molecule has 0 radical (unpaired) electrons. The summed E-state index contributed by atoms with van der Waals surface area (Å²) in [5.41, 5.74) is 1.48. The number of benzene rings is 1. The minimum Gasteiger partial charge on any atom is -0.355 e. The van der Waals surface area contributed by atoms with E-state index in [1.54, 1.807) is 12.1 Å². The number of aryl methyl sites for hydroxylation is 1. The van der Waals surface area contributed by atoms with Crippen molar-refractivity contribution < 1.29 is 13.2 Å². The first kappa shape index (κ1) is 17.5. The number of amides is 1. The number of carbonyl (C=O) groups excluding carboxylic acids is 1. The molecule has 1 rings (SSSR count). The highest BCUT2D eigenvalue weighted by atomic mass is 32.2. The summed E-state index contributed by atoms with van der Waals surface area (Å²) in [6, 6.07) is 7.26. The van der Waals surface area contributed by atoms with Crippen LogP contribution in [0.3, 0.4) is 0 Å². The molecule has 0 aliphatic rings. The molecule has 0 bridgehead atoms. The van der Waals surface area contributed by atoms with Gasteiger partial charge in [0.15, 0.2) is 0 Å². The molecule has 21 heavy (non-hydrogen) atoms. The second-order valence-electron chi connectivity index (χ2n) is 4.96. The number of carbonyl (C=O) groups is 1. The molecule has 5 nitrogen and oxygen atoms in total. The monoisotopic (exact) mass is 312 g/mol. The van der Waals surface area contributed by atoms with Gasteiger partial charge in [-0.1, -0.05) is 38.5 Å². The van der Waals surface area contributed by atoms with Crippen LogP contribution in [0, 0.1) is 0 Å². The number of nitrogens with one attached hydrogen (secondary N) is 1. The van der Waals surface area contributed by atoms with Crippen molar-refractivity contribution >= 4 is 21.6 Å². The van der Waals surface area contributed by atoms with Crippen molar-refractivity contribution in [2.45, 2.75) is 33.1 Å². The third kappa shape index (κ3) is 5.38. The van der Waals surface area contributed by atoms with E-state index in [2.05, 4.69) is 5.32 Å². The van der Waals surface area contributed by atoms with Gasteiger partial charge < -0.3 is 5.32 Å². The van der Waals surface area contributed by atoms with Gasteiger partial charge in [-0.25, -0.2) is 8.42 Å². The zero-order valence-electron chi connectivity index (χ0n) is 12.9. The molecule has 0 saturated heterocycles. The van der Waals surface area contributed by atoms with Gasteiger partial charge in [0, 0.05) is 6.54 Å². The molecule has 0 aromatic heterocycles. The van der Waals surface area contributed by atoms with Gasteiger partial charge >= 0.3 is 0 Å². The van der Waals surface area contributed by atoms with Crippen molar-refractivity contribution in [1.29, 1.82) is 0 Å². The van der Waals surface area contributed by atoms with Crippen LogP contribution < -0.4 is 9.62 Å². The maximum Gasteiger partial charge on any atom is 0.240 e. The standard InChI is InChI=1S/C15H24N2O3S/c1-4-6-11-16-15(18)12-17(21(3,19)20)14-10-8-7-9-13(14)5-2/h7-10H,4-6,11-12H2,1-3H3,(H,16,18). The first-order chi connectivity index (χ1) is 9.90. The molecular weight excluding hydrogens is 288 g/mol. The zero-order valence-corrected chi connectivity index (χ0v) is 13.7. The summed E-state index contributed by atoms with van der Waals surface area (Å²) < 4.78 is 25.2. The van der Waals surface area contributed by atoms with E-state index in [0.29, 0.717) is 18.7 Å². The maximum absolute atomic E-state index is 12.0. The Morgan fingerprint density at radius 1 is 1.24 bits per heavy atom. The Bertz CT molecular complexity index is 570. The van der Waals surface area contributed by atoms with Crippen molar-refractivity contribution in [2.75, 3.05) is 23.7 Å². The van der Waals surface area contributed by atoms with Gasteiger partial charge in [-0.2, -0.15) is 0 Å². The summed E-state index contributed by atoms with van der Waals surface area (Å²) >= 11 is 0. The Morgan fingerprint density at radius 3 is 2.48 bits per heavy atom. The minimum absolute atomic E-state index is 0.181. The van der Waals surface area contributed by atoms with Gasteiger partial charge in [0.2, 0.25) is 15.9 Å². The van der Waals surface area contributed by atoms with Crippen LogP contribution in [0.25, 0.3) is 0 Å². The molecule has 1 aromatic carbocycles. The predicted molar refractivity (Wildman–Crippen MR) is 85.9 cm³/mol. The topological polar surface area (TPSA) is 66.5 Å². The molecular formula is C15H24N2O3S. The quantitative estimate of drug-likeness (QED) is 0.746. The SMILES string of the molecule is CCCCNC(=O)CN(c1ccccc1CC)S(C)(=O)=O. The Labute approximate surface area is 127 Å². The van der Waals surface area contributed by atoms with Crippen LogP contribution in [0.15, 0.2) is 24.3 Å². The number of hydrogen-bond acceptors (Lipinski definition) is 3. The number of nitrogens with zero attached hydrogens (tertiary/aromatic N) is 1. The molecule has 1 aromatic rings. The van der Waals surface area contributed by atoms with Crippen molar-refractivity contribution in [3.63, 3.8) is 0 Å². The molecule has 0 saturated carbocycles. The number of sulfonamides is 1. The first-order valence-corrected chi connectivity index (χ1v) is 9.07. The second-order valence-corrected chi connectivity index (χ2v) is 6.86. The lowest BCUT2D eigenvalue weighted by Gasteiger charge is -2.24. The van der Waals surface area contributed by atoms with Gasteiger partial charge in [0.05, 0.1) is 11.9 Å². The van der Waals surface area contributed by atoms with Gasteiger partial charge in [-0.3, -0.25) is 9.10 Å². The van der Waals surface area contributed by atoms with E-state index in [-0.39, 0.29) is 12.5 Å². The molecule has 0 aliphatic heterocycles. The van der Waals surface area contributed by atoms with Crippen LogP contribution in [0.4, 0.5) is 5.69 Å². The van der Waals surface area contributed by atoms with E-state index in [1.165, 1.54) is 4.31 Å². The average molecular weight is 312 g/mol. The van der Waals surface area contributed by atoms with Gasteiger partial charge in [0.1, 0.15) is 6.54 Å². The highest BCUT2D eigenvalue weighted by molar-refractivity contribution is 7.92. The fourth-order valence-electron chi connectivity index (χ4n) is 2.03. The predicted octanol–water partition coefficient (Wildman–Crippen LogP) is 1.93. The third-order valence-electron chi connectivity index (χ3n) is 3.18. The van der Waals surface area contributed by atoms with Crippen LogP contribution in [0.5, 0.6) is 0 Å². The number of unbranched alkanes of at least 4 members (excludes halogenated alkanes) is 1. The number of hydrogen-bond donors (Lipinski definition) is 1. The highest BCUT2D eigenvalue weighted by Crippen LogP contribution is 2.23. The van der Waals surface area contributed by atoms with Crippen LogP contribution in [-0.2, 0) is 21.2 Å².